The van der Waals surface area contributed by atoms with Gasteiger partial charge in [-0.15, -0.1) is 0 Å². The molecule has 5 heteroatoms. The van der Waals surface area contributed by atoms with Crippen molar-refractivity contribution in [3.63, 3.8) is 0 Å². The highest BCUT2D eigenvalue weighted by atomic mass is 35.5. The zero-order chi connectivity index (χ0) is 19.5. The van der Waals surface area contributed by atoms with Crippen LogP contribution in [0, 0.1) is 5.92 Å². The maximum absolute atomic E-state index is 13.6. The maximum atomic E-state index is 13.6. The molecule has 0 bridgehead atoms. The number of benzene rings is 1. The molecule has 1 unspecified atom stereocenters. The number of carbonyl (C=O) groups is 1. The Labute approximate surface area is 179 Å². The van der Waals surface area contributed by atoms with Crippen molar-refractivity contribution in [1.29, 1.82) is 0 Å². The molecule has 0 radical (unpaired) electrons. The summed E-state index contributed by atoms with van der Waals surface area (Å²) < 4.78 is 0. The Balaban J connectivity index is 1.46. The second kappa shape index (κ2) is 9.36. The minimum atomic E-state index is -0.0659. The van der Waals surface area contributed by atoms with E-state index in [4.69, 9.17) is 23.2 Å². The molecule has 3 nitrogen and oxygen atoms in total. The predicted octanol–water partition coefficient (Wildman–Crippen LogP) is 5.74. The number of piperidine rings is 2. The molecular formula is C23H32Cl2N2O. The highest BCUT2D eigenvalue weighted by Crippen LogP contribution is 2.40. The molecule has 1 amide bonds. The molecule has 0 aromatic heterocycles. The van der Waals surface area contributed by atoms with E-state index in [2.05, 4.69) is 9.80 Å². The summed E-state index contributed by atoms with van der Waals surface area (Å²) in [6.45, 7) is 4.27. The fourth-order valence-corrected chi connectivity index (χ4v) is 5.85. The van der Waals surface area contributed by atoms with Crippen LogP contribution in [0.15, 0.2) is 18.2 Å². The lowest BCUT2D eigenvalue weighted by molar-refractivity contribution is -0.135. The van der Waals surface area contributed by atoms with Crippen molar-refractivity contribution in [1.82, 2.24) is 9.80 Å². The standard InChI is InChI=1S/C23H32Cl2N2O/c24-20-9-8-18(16-21(20)25)22(17-6-2-3-7-17)23(28)27-14-10-19(11-15-27)26-12-4-1-5-13-26/h8-9,16-17,19,22H,1-7,10-15H2. The van der Waals surface area contributed by atoms with Gasteiger partial charge in [0.1, 0.15) is 0 Å². The van der Waals surface area contributed by atoms with Crippen LogP contribution in [0.2, 0.25) is 10.0 Å². The number of carbonyl (C=O) groups excluding carboxylic acids is 1. The van der Waals surface area contributed by atoms with Gasteiger partial charge in [-0.2, -0.15) is 0 Å². The number of halogens is 2. The number of hydrogen-bond acceptors (Lipinski definition) is 2. The lowest BCUT2D eigenvalue weighted by Gasteiger charge is -2.41. The average molecular weight is 423 g/mol. The molecule has 0 N–H and O–H groups in total. The monoisotopic (exact) mass is 422 g/mol. The molecule has 1 atom stereocenters. The van der Waals surface area contributed by atoms with Crippen molar-refractivity contribution in [2.45, 2.75) is 69.7 Å². The third-order valence-electron chi connectivity index (χ3n) is 7.12. The summed E-state index contributed by atoms with van der Waals surface area (Å²) in [6.07, 6.45) is 11.0. The quantitative estimate of drug-likeness (QED) is 0.616. The molecule has 1 aromatic carbocycles. The van der Waals surface area contributed by atoms with E-state index in [1.165, 1.54) is 45.2 Å². The molecule has 3 aliphatic rings. The third kappa shape index (κ3) is 4.52. The van der Waals surface area contributed by atoms with Crippen molar-refractivity contribution < 1.29 is 4.79 Å². The Hall–Kier alpha value is -0.770. The zero-order valence-corrected chi connectivity index (χ0v) is 18.2. The molecule has 0 spiro atoms. The van der Waals surface area contributed by atoms with Crippen molar-refractivity contribution in [3.05, 3.63) is 33.8 Å². The first-order chi connectivity index (χ1) is 13.6. The number of rotatable bonds is 4. The van der Waals surface area contributed by atoms with Crippen LogP contribution in [0.5, 0.6) is 0 Å². The van der Waals surface area contributed by atoms with Crippen molar-refractivity contribution in [3.8, 4) is 0 Å². The van der Waals surface area contributed by atoms with E-state index in [1.807, 2.05) is 18.2 Å². The fourth-order valence-electron chi connectivity index (χ4n) is 5.54. The van der Waals surface area contributed by atoms with Crippen LogP contribution in [-0.4, -0.2) is 47.9 Å². The fraction of sp³-hybridized carbons (Fsp3) is 0.696. The normalized spacial score (nSPS) is 23.9. The van der Waals surface area contributed by atoms with E-state index in [1.54, 1.807) is 0 Å². The molecule has 28 heavy (non-hydrogen) atoms. The Morgan fingerprint density at radius 3 is 2.18 bits per heavy atom. The molecule has 2 heterocycles. The lowest BCUT2D eigenvalue weighted by Crippen LogP contribution is -2.49. The summed E-state index contributed by atoms with van der Waals surface area (Å²) in [6, 6.07) is 6.44. The van der Waals surface area contributed by atoms with Gasteiger partial charge in [-0.05, 0) is 75.2 Å². The van der Waals surface area contributed by atoms with Crippen LogP contribution in [-0.2, 0) is 4.79 Å². The SMILES string of the molecule is O=C(C(c1ccc(Cl)c(Cl)c1)C1CCCC1)N1CCC(N2CCCCC2)CC1. The second-order valence-corrected chi connectivity index (χ2v) is 9.66. The van der Waals surface area contributed by atoms with E-state index in [0.717, 1.165) is 44.3 Å². The van der Waals surface area contributed by atoms with Crippen LogP contribution >= 0.6 is 23.2 Å². The van der Waals surface area contributed by atoms with E-state index in [-0.39, 0.29) is 5.92 Å². The summed E-state index contributed by atoms with van der Waals surface area (Å²) in [7, 11) is 0. The number of hydrogen-bond donors (Lipinski definition) is 0. The molecule has 4 rings (SSSR count). The minimum absolute atomic E-state index is 0.0659. The van der Waals surface area contributed by atoms with Crippen LogP contribution in [0.4, 0.5) is 0 Å². The molecule has 3 fully saturated rings. The summed E-state index contributed by atoms with van der Waals surface area (Å²) in [5.74, 6) is 0.677. The maximum Gasteiger partial charge on any atom is 0.230 e. The Morgan fingerprint density at radius 2 is 1.54 bits per heavy atom. The summed E-state index contributed by atoms with van der Waals surface area (Å²) >= 11 is 12.4. The van der Waals surface area contributed by atoms with Gasteiger partial charge in [0, 0.05) is 19.1 Å². The van der Waals surface area contributed by atoms with Crippen LogP contribution in [0.1, 0.15) is 69.3 Å². The van der Waals surface area contributed by atoms with Gasteiger partial charge < -0.3 is 9.80 Å². The molecule has 154 valence electrons. The van der Waals surface area contributed by atoms with Gasteiger partial charge in [-0.3, -0.25) is 4.79 Å². The van der Waals surface area contributed by atoms with Gasteiger partial charge in [0.05, 0.1) is 16.0 Å². The summed E-state index contributed by atoms with van der Waals surface area (Å²) in [5.41, 5.74) is 1.05. The van der Waals surface area contributed by atoms with E-state index < -0.39 is 0 Å². The summed E-state index contributed by atoms with van der Waals surface area (Å²) in [4.78, 5) is 18.4. The average Bonchev–Trinajstić information content (AvgIpc) is 3.26. The Kier molecular flexibility index (Phi) is 6.85. The smallest absolute Gasteiger partial charge is 0.230 e. The molecule has 1 saturated carbocycles. The largest absolute Gasteiger partial charge is 0.342 e. The van der Waals surface area contributed by atoms with Crippen LogP contribution in [0.25, 0.3) is 0 Å². The molecular weight excluding hydrogens is 391 g/mol. The number of likely N-dealkylation sites (tertiary alicyclic amines) is 2. The molecule has 1 aromatic rings. The van der Waals surface area contributed by atoms with E-state index >= 15 is 0 Å². The molecule has 2 saturated heterocycles. The van der Waals surface area contributed by atoms with Gasteiger partial charge in [0.25, 0.3) is 0 Å². The Bertz CT molecular complexity index is 675. The van der Waals surface area contributed by atoms with Crippen molar-refractivity contribution >= 4 is 29.1 Å². The highest BCUT2D eigenvalue weighted by Gasteiger charge is 2.37. The van der Waals surface area contributed by atoms with Gasteiger partial charge in [-0.25, -0.2) is 0 Å². The van der Waals surface area contributed by atoms with Gasteiger partial charge in [-0.1, -0.05) is 48.5 Å². The molecule has 2 aliphatic heterocycles. The van der Waals surface area contributed by atoms with Crippen molar-refractivity contribution in [2.75, 3.05) is 26.2 Å². The second-order valence-electron chi connectivity index (χ2n) is 8.85. The topological polar surface area (TPSA) is 23.6 Å². The first kappa shape index (κ1) is 20.5. The van der Waals surface area contributed by atoms with Gasteiger partial charge >= 0.3 is 0 Å². The highest BCUT2D eigenvalue weighted by molar-refractivity contribution is 6.42. The first-order valence-electron chi connectivity index (χ1n) is 11.1. The first-order valence-corrected chi connectivity index (χ1v) is 11.9. The number of amides is 1. The minimum Gasteiger partial charge on any atom is -0.342 e. The molecule has 1 aliphatic carbocycles. The van der Waals surface area contributed by atoms with E-state index in [9.17, 15) is 4.79 Å². The van der Waals surface area contributed by atoms with Gasteiger partial charge in [0.15, 0.2) is 0 Å². The zero-order valence-electron chi connectivity index (χ0n) is 16.7. The third-order valence-corrected chi connectivity index (χ3v) is 7.86. The van der Waals surface area contributed by atoms with Crippen LogP contribution < -0.4 is 0 Å². The van der Waals surface area contributed by atoms with Crippen molar-refractivity contribution in [2.24, 2.45) is 5.92 Å². The van der Waals surface area contributed by atoms with Crippen LogP contribution in [0.3, 0.4) is 0 Å². The number of nitrogens with zero attached hydrogens (tertiary/aromatic N) is 2. The van der Waals surface area contributed by atoms with Gasteiger partial charge in [0.2, 0.25) is 5.91 Å². The lowest BCUT2D eigenvalue weighted by atomic mass is 9.83. The van der Waals surface area contributed by atoms with E-state index in [0.29, 0.717) is 27.9 Å². The Morgan fingerprint density at radius 1 is 0.857 bits per heavy atom. The predicted molar refractivity (Wildman–Crippen MR) is 116 cm³/mol. The summed E-state index contributed by atoms with van der Waals surface area (Å²) in [5, 5.41) is 1.11.